The highest BCUT2D eigenvalue weighted by molar-refractivity contribution is 5.82. The first kappa shape index (κ1) is 12.8. The lowest BCUT2D eigenvalue weighted by molar-refractivity contribution is 0.216. The number of pyridine rings is 1. The number of rotatable bonds is 2. The van der Waals surface area contributed by atoms with E-state index in [1.807, 2.05) is 24.3 Å². The molecule has 2 nitrogen and oxygen atoms in total. The standard InChI is InChI=1S/C17H14FNO/c1-11-5-2-8-13(15(11)18)17(20)14-9-3-6-12-7-4-10-19-16(12)14/h2-10,17,20H,1H3. The number of hydrogen-bond donors (Lipinski definition) is 1. The van der Waals surface area contributed by atoms with Gasteiger partial charge in [0.1, 0.15) is 11.9 Å². The van der Waals surface area contributed by atoms with Crippen molar-refractivity contribution >= 4 is 10.9 Å². The molecule has 3 aromatic rings. The van der Waals surface area contributed by atoms with E-state index in [-0.39, 0.29) is 11.4 Å². The van der Waals surface area contributed by atoms with E-state index >= 15 is 0 Å². The zero-order valence-corrected chi connectivity index (χ0v) is 11.0. The lowest BCUT2D eigenvalue weighted by atomic mass is 9.97. The molecule has 1 aromatic heterocycles. The minimum Gasteiger partial charge on any atom is -0.383 e. The largest absolute Gasteiger partial charge is 0.383 e. The van der Waals surface area contributed by atoms with Gasteiger partial charge in [0.15, 0.2) is 0 Å². The summed E-state index contributed by atoms with van der Waals surface area (Å²) >= 11 is 0. The molecular weight excluding hydrogens is 253 g/mol. The second-order valence-electron chi connectivity index (χ2n) is 4.80. The molecule has 1 atom stereocenters. The van der Waals surface area contributed by atoms with Gasteiger partial charge in [-0.2, -0.15) is 0 Å². The minimum atomic E-state index is -1.02. The molecule has 0 radical (unpaired) electrons. The number of halogens is 1. The summed E-state index contributed by atoms with van der Waals surface area (Å²) in [6, 6.07) is 14.3. The molecule has 0 saturated heterocycles. The lowest BCUT2D eigenvalue weighted by Crippen LogP contribution is -2.05. The van der Waals surface area contributed by atoms with Crippen LogP contribution in [-0.2, 0) is 0 Å². The van der Waals surface area contributed by atoms with Crippen molar-refractivity contribution < 1.29 is 9.50 Å². The highest BCUT2D eigenvalue weighted by Gasteiger charge is 2.18. The van der Waals surface area contributed by atoms with Crippen LogP contribution < -0.4 is 0 Å². The minimum absolute atomic E-state index is 0.281. The van der Waals surface area contributed by atoms with Crippen LogP contribution in [0, 0.1) is 12.7 Å². The van der Waals surface area contributed by atoms with Crippen LogP contribution >= 0.6 is 0 Å². The Morgan fingerprint density at radius 2 is 1.70 bits per heavy atom. The number of para-hydroxylation sites is 1. The fourth-order valence-electron chi connectivity index (χ4n) is 2.40. The second-order valence-corrected chi connectivity index (χ2v) is 4.80. The van der Waals surface area contributed by atoms with E-state index in [2.05, 4.69) is 4.98 Å². The van der Waals surface area contributed by atoms with Crippen molar-refractivity contribution in [1.82, 2.24) is 4.98 Å². The predicted octanol–water partition coefficient (Wildman–Crippen LogP) is 3.76. The molecule has 0 saturated carbocycles. The van der Waals surface area contributed by atoms with Gasteiger partial charge in [-0.05, 0) is 18.6 Å². The molecule has 100 valence electrons. The maximum atomic E-state index is 14.2. The lowest BCUT2D eigenvalue weighted by Gasteiger charge is -2.15. The topological polar surface area (TPSA) is 33.1 Å². The third kappa shape index (κ3) is 2.06. The fraction of sp³-hybridized carbons (Fsp3) is 0.118. The molecule has 20 heavy (non-hydrogen) atoms. The van der Waals surface area contributed by atoms with Crippen molar-refractivity contribution in [3.05, 3.63) is 77.2 Å². The first-order valence-corrected chi connectivity index (χ1v) is 6.45. The molecule has 0 bridgehead atoms. The van der Waals surface area contributed by atoms with Gasteiger partial charge in [0.2, 0.25) is 0 Å². The van der Waals surface area contributed by atoms with Gasteiger partial charge in [-0.15, -0.1) is 0 Å². The number of hydrogen-bond acceptors (Lipinski definition) is 2. The summed E-state index contributed by atoms with van der Waals surface area (Å²) in [5, 5.41) is 11.4. The first-order chi connectivity index (χ1) is 9.68. The molecule has 1 unspecified atom stereocenters. The van der Waals surface area contributed by atoms with Crippen LogP contribution in [-0.4, -0.2) is 10.1 Å². The Kier molecular flexibility index (Phi) is 3.20. The molecule has 3 rings (SSSR count). The summed E-state index contributed by atoms with van der Waals surface area (Å²) < 4.78 is 14.2. The molecule has 3 heteroatoms. The monoisotopic (exact) mass is 267 g/mol. The van der Waals surface area contributed by atoms with Crippen LogP contribution in [0.3, 0.4) is 0 Å². The van der Waals surface area contributed by atoms with Crippen LogP contribution in [0.4, 0.5) is 4.39 Å². The van der Waals surface area contributed by atoms with Gasteiger partial charge < -0.3 is 5.11 Å². The SMILES string of the molecule is Cc1cccc(C(O)c2cccc3cccnc23)c1F. The van der Waals surface area contributed by atoms with E-state index in [1.165, 1.54) is 0 Å². The molecule has 0 aliphatic rings. The van der Waals surface area contributed by atoms with Gasteiger partial charge in [-0.25, -0.2) is 4.39 Å². The van der Waals surface area contributed by atoms with Crippen LogP contribution in [0.25, 0.3) is 10.9 Å². The molecule has 2 aromatic carbocycles. The summed E-state index contributed by atoms with van der Waals surface area (Å²) in [5.74, 6) is -0.368. The summed E-state index contributed by atoms with van der Waals surface area (Å²) in [6.45, 7) is 1.69. The van der Waals surface area contributed by atoms with Crippen molar-refractivity contribution in [2.24, 2.45) is 0 Å². The fourth-order valence-corrected chi connectivity index (χ4v) is 2.40. The van der Waals surface area contributed by atoms with Crippen LogP contribution in [0.15, 0.2) is 54.7 Å². The van der Waals surface area contributed by atoms with E-state index in [0.29, 0.717) is 16.6 Å². The molecule has 0 spiro atoms. The average molecular weight is 267 g/mol. The zero-order valence-electron chi connectivity index (χ0n) is 11.0. The summed E-state index contributed by atoms with van der Waals surface area (Å²) in [5.41, 5.74) is 2.12. The Morgan fingerprint density at radius 3 is 2.55 bits per heavy atom. The number of aliphatic hydroxyl groups excluding tert-OH is 1. The van der Waals surface area contributed by atoms with Crippen molar-refractivity contribution in [1.29, 1.82) is 0 Å². The molecule has 0 aliphatic carbocycles. The molecule has 1 N–H and O–H groups in total. The predicted molar refractivity (Wildman–Crippen MR) is 76.9 cm³/mol. The van der Waals surface area contributed by atoms with Gasteiger partial charge in [-0.1, -0.05) is 42.5 Å². The highest BCUT2D eigenvalue weighted by Crippen LogP contribution is 2.29. The normalized spacial score (nSPS) is 12.6. The maximum absolute atomic E-state index is 14.2. The Labute approximate surface area is 116 Å². The van der Waals surface area contributed by atoms with Gasteiger partial charge in [0.05, 0.1) is 5.52 Å². The third-order valence-corrected chi connectivity index (χ3v) is 3.47. The van der Waals surface area contributed by atoms with E-state index in [1.54, 1.807) is 37.4 Å². The van der Waals surface area contributed by atoms with Gasteiger partial charge >= 0.3 is 0 Å². The highest BCUT2D eigenvalue weighted by atomic mass is 19.1. The van der Waals surface area contributed by atoms with Crippen molar-refractivity contribution in [3.63, 3.8) is 0 Å². The van der Waals surface area contributed by atoms with Crippen LogP contribution in [0.2, 0.25) is 0 Å². The zero-order chi connectivity index (χ0) is 14.1. The molecular formula is C17H14FNO. The van der Waals surface area contributed by atoms with Crippen molar-refractivity contribution in [3.8, 4) is 0 Å². The summed E-state index contributed by atoms with van der Waals surface area (Å²) in [7, 11) is 0. The van der Waals surface area contributed by atoms with Crippen molar-refractivity contribution in [2.45, 2.75) is 13.0 Å². The number of aliphatic hydroxyl groups is 1. The third-order valence-electron chi connectivity index (χ3n) is 3.47. The number of aromatic nitrogens is 1. The maximum Gasteiger partial charge on any atom is 0.132 e. The number of aryl methyl sites for hydroxylation is 1. The van der Waals surface area contributed by atoms with E-state index in [9.17, 15) is 9.50 Å². The summed E-state index contributed by atoms with van der Waals surface area (Å²) in [6.07, 6.45) is 0.652. The van der Waals surface area contributed by atoms with E-state index in [4.69, 9.17) is 0 Å². The van der Waals surface area contributed by atoms with Crippen molar-refractivity contribution in [2.75, 3.05) is 0 Å². The van der Waals surface area contributed by atoms with E-state index < -0.39 is 6.10 Å². The summed E-state index contributed by atoms with van der Waals surface area (Å²) in [4.78, 5) is 4.30. The number of benzene rings is 2. The molecule has 0 amide bonds. The van der Waals surface area contributed by atoms with Gasteiger partial charge in [0.25, 0.3) is 0 Å². The molecule has 1 heterocycles. The molecule has 0 fully saturated rings. The average Bonchev–Trinajstić information content (AvgIpc) is 2.49. The van der Waals surface area contributed by atoms with Crippen LogP contribution in [0.5, 0.6) is 0 Å². The first-order valence-electron chi connectivity index (χ1n) is 6.45. The Balaban J connectivity index is 2.18. The Morgan fingerprint density at radius 1 is 1.00 bits per heavy atom. The quantitative estimate of drug-likeness (QED) is 0.766. The van der Waals surface area contributed by atoms with Gasteiger partial charge in [-0.3, -0.25) is 4.98 Å². The number of nitrogens with zero attached hydrogens (tertiary/aromatic N) is 1. The number of fused-ring (bicyclic) bond motifs is 1. The molecule has 0 aliphatic heterocycles. The second kappa shape index (κ2) is 5.02. The smallest absolute Gasteiger partial charge is 0.132 e. The van der Waals surface area contributed by atoms with Gasteiger partial charge in [0, 0.05) is 22.7 Å². The Hall–Kier alpha value is -2.26. The van der Waals surface area contributed by atoms with Crippen LogP contribution in [0.1, 0.15) is 22.8 Å². The van der Waals surface area contributed by atoms with E-state index in [0.717, 1.165) is 5.39 Å². The Bertz CT molecular complexity index is 765.